The molecule has 0 atom stereocenters. The van der Waals surface area contributed by atoms with Crippen molar-refractivity contribution >= 4 is 23.6 Å². The van der Waals surface area contributed by atoms with Gasteiger partial charge in [-0.2, -0.15) is 13.2 Å². The summed E-state index contributed by atoms with van der Waals surface area (Å²) >= 11 is 5.93. The highest BCUT2D eigenvalue weighted by atomic mass is 35.5. The highest BCUT2D eigenvalue weighted by Crippen LogP contribution is 2.36. The van der Waals surface area contributed by atoms with E-state index in [-0.39, 0.29) is 30.1 Å². The Labute approximate surface area is 176 Å². The van der Waals surface area contributed by atoms with Crippen LogP contribution in [0.1, 0.15) is 25.0 Å². The Morgan fingerprint density at radius 3 is 2.60 bits per heavy atom. The number of nitrogens with zero attached hydrogens (tertiary/aromatic N) is 1. The van der Waals surface area contributed by atoms with Gasteiger partial charge in [0.25, 0.3) is 0 Å². The number of ether oxygens (including phenoxy) is 4. The van der Waals surface area contributed by atoms with Crippen LogP contribution in [0.3, 0.4) is 0 Å². The SMILES string of the molecule is CCOC(=O)/C(C)=C/c1ccc(OCOC)cc1Oc1ncc(C(F)(F)F)cc1Cl. The second-order valence-corrected chi connectivity index (χ2v) is 6.32. The number of alkyl halides is 3. The summed E-state index contributed by atoms with van der Waals surface area (Å²) in [4.78, 5) is 15.6. The number of methoxy groups -OCH3 is 1. The van der Waals surface area contributed by atoms with Crippen LogP contribution in [-0.2, 0) is 20.4 Å². The largest absolute Gasteiger partial charge is 0.467 e. The van der Waals surface area contributed by atoms with Crippen molar-refractivity contribution in [2.45, 2.75) is 20.0 Å². The maximum atomic E-state index is 12.8. The summed E-state index contributed by atoms with van der Waals surface area (Å²) in [7, 11) is 1.45. The molecule has 1 heterocycles. The predicted molar refractivity (Wildman–Crippen MR) is 104 cm³/mol. The lowest BCUT2D eigenvalue weighted by Gasteiger charge is -2.14. The maximum absolute atomic E-state index is 12.8. The molecule has 162 valence electrons. The molecule has 0 unspecified atom stereocenters. The smallest absolute Gasteiger partial charge is 0.417 e. The van der Waals surface area contributed by atoms with Gasteiger partial charge in [-0.05, 0) is 38.1 Å². The molecule has 2 rings (SSSR count). The predicted octanol–water partition coefficient (Wildman–Crippen LogP) is 5.50. The quantitative estimate of drug-likeness (QED) is 0.304. The van der Waals surface area contributed by atoms with Gasteiger partial charge in [-0.25, -0.2) is 9.78 Å². The lowest BCUT2D eigenvalue weighted by Crippen LogP contribution is -2.06. The van der Waals surface area contributed by atoms with Crippen LogP contribution < -0.4 is 9.47 Å². The van der Waals surface area contributed by atoms with Gasteiger partial charge in [0, 0.05) is 30.5 Å². The first-order valence-electron chi connectivity index (χ1n) is 8.67. The molecule has 10 heteroatoms. The van der Waals surface area contributed by atoms with Crippen molar-refractivity contribution in [2.75, 3.05) is 20.5 Å². The van der Waals surface area contributed by atoms with Crippen LogP contribution in [0, 0.1) is 0 Å². The summed E-state index contributed by atoms with van der Waals surface area (Å²) in [6, 6.07) is 5.40. The number of pyridine rings is 1. The fourth-order valence-electron chi connectivity index (χ4n) is 2.24. The second kappa shape index (κ2) is 10.3. The van der Waals surface area contributed by atoms with E-state index in [4.69, 9.17) is 30.5 Å². The van der Waals surface area contributed by atoms with Crippen LogP contribution >= 0.6 is 11.6 Å². The fourth-order valence-corrected chi connectivity index (χ4v) is 2.44. The third-order valence-corrected chi connectivity index (χ3v) is 3.91. The number of carbonyl (C=O) groups is 1. The van der Waals surface area contributed by atoms with Crippen molar-refractivity contribution in [3.05, 3.63) is 52.2 Å². The van der Waals surface area contributed by atoms with Gasteiger partial charge in [-0.3, -0.25) is 0 Å². The Bertz CT molecular complexity index is 931. The molecule has 0 aliphatic carbocycles. The molecule has 0 saturated carbocycles. The number of carbonyl (C=O) groups excluding carboxylic acids is 1. The summed E-state index contributed by atoms with van der Waals surface area (Å²) in [5, 5.41) is -0.329. The standard InChI is InChI=1S/C20H19ClF3NO5/c1-4-28-19(26)12(2)7-13-5-6-15(29-11-27-3)9-17(13)30-18-16(21)8-14(10-25-18)20(22,23)24/h5-10H,4,11H2,1-3H3/b12-7+. The van der Waals surface area contributed by atoms with E-state index in [0.29, 0.717) is 29.1 Å². The molecule has 1 aromatic heterocycles. The lowest BCUT2D eigenvalue weighted by atomic mass is 10.1. The monoisotopic (exact) mass is 445 g/mol. The van der Waals surface area contributed by atoms with Crippen molar-refractivity contribution in [3.8, 4) is 17.4 Å². The minimum Gasteiger partial charge on any atom is -0.467 e. The topological polar surface area (TPSA) is 66.9 Å². The van der Waals surface area contributed by atoms with E-state index in [1.807, 2.05) is 0 Å². The number of aromatic nitrogens is 1. The second-order valence-electron chi connectivity index (χ2n) is 5.91. The highest BCUT2D eigenvalue weighted by Gasteiger charge is 2.32. The Kier molecular flexibility index (Phi) is 8.08. The van der Waals surface area contributed by atoms with E-state index >= 15 is 0 Å². The molecule has 0 saturated heterocycles. The van der Waals surface area contributed by atoms with E-state index in [1.165, 1.54) is 19.3 Å². The summed E-state index contributed by atoms with van der Waals surface area (Å²) in [5.74, 6) is -0.243. The average Bonchev–Trinajstić information content (AvgIpc) is 2.68. The first-order chi connectivity index (χ1) is 14.2. The van der Waals surface area contributed by atoms with Gasteiger partial charge in [0.05, 0.1) is 12.2 Å². The lowest BCUT2D eigenvalue weighted by molar-refractivity contribution is -0.139. The average molecular weight is 446 g/mol. The van der Waals surface area contributed by atoms with Crippen molar-refractivity contribution in [2.24, 2.45) is 0 Å². The third kappa shape index (κ3) is 6.36. The Hall–Kier alpha value is -2.78. The first kappa shape index (κ1) is 23.5. The number of hydrogen-bond donors (Lipinski definition) is 0. The summed E-state index contributed by atoms with van der Waals surface area (Å²) in [6.45, 7) is 3.42. The van der Waals surface area contributed by atoms with E-state index in [0.717, 1.165) is 0 Å². The van der Waals surface area contributed by atoms with Crippen molar-refractivity contribution < 1.29 is 36.9 Å². The van der Waals surface area contributed by atoms with Crippen LogP contribution in [0.15, 0.2) is 36.0 Å². The zero-order valence-electron chi connectivity index (χ0n) is 16.4. The van der Waals surface area contributed by atoms with Gasteiger partial charge < -0.3 is 18.9 Å². The van der Waals surface area contributed by atoms with E-state index in [1.54, 1.807) is 26.0 Å². The molecule has 0 amide bonds. The summed E-state index contributed by atoms with van der Waals surface area (Å²) < 4.78 is 59.3. The van der Waals surface area contributed by atoms with Gasteiger partial charge in [-0.15, -0.1) is 0 Å². The maximum Gasteiger partial charge on any atom is 0.417 e. The van der Waals surface area contributed by atoms with Crippen LogP contribution in [0.4, 0.5) is 13.2 Å². The number of hydrogen-bond acceptors (Lipinski definition) is 6. The van der Waals surface area contributed by atoms with Crippen molar-refractivity contribution in [1.82, 2.24) is 4.98 Å². The molecule has 0 spiro atoms. The minimum atomic E-state index is -4.59. The van der Waals surface area contributed by atoms with Crippen LogP contribution in [0.25, 0.3) is 6.08 Å². The van der Waals surface area contributed by atoms with E-state index in [9.17, 15) is 18.0 Å². The Morgan fingerprint density at radius 2 is 2.00 bits per heavy atom. The number of esters is 1. The van der Waals surface area contributed by atoms with Gasteiger partial charge in [0.2, 0.25) is 5.88 Å². The van der Waals surface area contributed by atoms with Crippen LogP contribution in [0.2, 0.25) is 5.02 Å². The molecule has 0 aliphatic rings. The zero-order chi connectivity index (χ0) is 22.3. The first-order valence-corrected chi connectivity index (χ1v) is 9.05. The molecule has 30 heavy (non-hydrogen) atoms. The molecular weight excluding hydrogens is 427 g/mol. The third-order valence-electron chi connectivity index (χ3n) is 3.64. The Morgan fingerprint density at radius 1 is 1.27 bits per heavy atom. The Balaban J connectivity index is 2.42. The molecule has 0 radical (unpaired) electrons. The van der Waals surface area contributed by atoms with E-state index < -0.39 is 17.7 Å². The molecule has 2 aromatic rings. The van der Waals surface area contributed by atoms with Gasteiger partial charge >= 0.3 is 12.1 Å². The molecule has 0 fully saturated rings. The summed E-state index contributed by atoms with van der Waals surface area (Å²) in [5.41, 5.74) is -0.280. The van der Waals surface area contributed by atoms with Gasteiger partial charge in [0.1, 0.15) is 16.5 Å². The molecule has 0 N–H and O–H groups in total. The molecule has 0 aliphatic heterocycles. The zero-order valence-corrected chi connectivity index (χ0v) is 17.1. The van der Waals surface area contributed by atoms with Gasteiger partial charge in [-0.1, -0.05) is 11.6 Å². The number of rotatable bonds is 8. The van der Waals surface area contributed by atoms with Crippen LogP contribution in [0.5, 0.6) is 17.4 Å². The van der Waals surface area contributed by atoms with Crippen LogP contribution in [-0.4, -0.2) is 31.5 Å². The minimum absolute atomic E-state index is 0.0320. The number of benzene rings is 1. The normalized spacial score (nSPS) is 11.9. The molecular formula is C20H19ClF3NO5. The highest BCUT2D eigenvalue weighted by molar-refractivity contribution is 6.31. The van der Waals surface area contributed by atoms with E-state index in [2.05, 4.69) is 4.98 Å². The van der Waals surface area contributed by atoms with Crippen molar-refractivity contribution in [1.29, 1.82) is 0 Å². The molecule has 6 nitrogen and oxygen atoms in total. The molecule has 0 bridgehead atoms. The summed E-state index contributed by atoms with van der Waals surface area (Å²) in [6.07, 6.45) is -2.47. The molecule has 1 aromatic carbocycles. The number of halogens is 4. The van der Waals surface area contributed by atoms with Crippen molar-refractivity contribution in [3.63, 3.8) is 0 Å². The fraction of sp³-hybridized carbons (Fsp3) is 0.300. The van der Waals surface area contributed by atoms with Gasteiger partial charge in [0.15, 0.2) is 6.79 Å².